The van der Waals surface area contributed by atoms with Gasteiger partial charge in [0, 0.05) is 13.3 Å². The number of ether oxygens (including phenoxy) is 2. The molecule has 2 atom stereocenters. The van der Waals surface area contributed by atoms with Crippen LogP contribution in [0.2, 0.25) is 0 Å². The molecule has 0 aliphatic carbocycles. The molecule has 1 aliphatic rings. The number of hydrogen-bond acceptors (Lipinski definition) is 3. The Bertz CT molecular complexity index is 133. The molecule has 1 fully saturated rings. The minimum absolute atomic E-state index is 0.285. The Kier molecular flexibility index (Phi) is 2.27. The van der Waals surface area contributed by atoms with Gasteiger partial charge < -0.3 is 9.47 Å². The fourth-order valence-electron chi connectivity index (χ4n) is 0.897. The van der Waals surface area contributed by atoms with E-state index in [0.29, 0.717) is 5.92 Å². The minimum atomic E-state index is -0.340. The number of carbonyl (C=O) groups excluding carboxylic acids is 1. The molecule has 0 saturated carbocycles. The van der Waals surface area contributed by atoms with Crippen molar-refractivity contribution in [2.45, 2.75) is 26.6 Å². The van der Waals surface area contributed by atoms with E-state index in [1.807, 2.05) is 6.92 Å². The van der Waals surface area contributed by atoms with Crippen molar-refractivity contribution in [3.05, 3.63) is 6.61 Å². The second-order valence-corrected chi connectivity index (χ2v) is 2.52. The summed E-state index contributed by atoms with van der Waals surface area (Å²) in [5.41, 5.74) is 0. The summed E-state index contributed by atoms with van der Waals surface area (Å²) in [6.45, 7) is 5.10. The SMILES string of the molecule is CC(=O)OC1CC(C)[CH]O1. The van der Waals surface area contributed by atoms with Crippen LogP contribution in [-0.2, 0) is 14.3 Å². The molecule has 1 heterocycles. The van der Waals surface area contributed by atoms with Crippen LogP contribution in [0.15, 0.2) is 0 Å². The molecule has 57 valence electrons. The lowest BCUT2D eigenvalue weighted by molar-refractivity contribution is -0.163. The van der Waals surface area contributed by atoms with E-state index in [1.165, 1.54) is 6.92 Å². The molecule has 2 unspecified atom stereocenters. The molecule has 1 aliphatic heterocycles. The van der Waals surface area contributed by atoms with Crippen molar-refractivity contribution in [3.8, 4) is 0 Å². The first-order valence-corrected chi connectivity index (χ1v) is 3.34. The predicted molar refractivity (Wildman–Crippen MR) is 34.7 cm³/mol. The van der Waals surface area contributed by atoms with E-state index in [9.17, 15) is 4.79 Å². The third kappa shape index (κ3) is 1.99. The Hall–Kier alpha value is -0.570. The van der Waals surface area contributed by atoms with Crippen molar-refractivity contribution in [2.75, 3.05) is 0 Å². The first-order valence-electron chi connectivity index (χ1n) is 3.34. The maximum absolute atomic E-state index is 10.4. The third-order valence-electron chi connectivity index (χ3n) is 1.32. The highest BCUT2D eigenvalue weighted by atomic mass is 16.7. The topological polar surface area (TPSA) is 35.5 Å². The fourth-order valence-corrected chi connectivity index (χ4v) is 0.897. The minimum Gasteiger partial charge on any atom is -0.436 e. The van der Waals surface area contributed by atoms with E-state index in [4.69, 9.17) is 9.47 Å². The second kappa shape index (κ2) is 3.01. The zero-order valence-corrected chi connectivity index (χ0v) is 6.16. The van der Waals surface area contributed by atoms with Crippen molar-refractivity contribution in [1.82, 2.24) is 0 Å². The fraction of sp³-hybridized carbons (Fsp3) is 0.714. The van der Waals surface area contributed by atoms with E-state index in [-0.39, 0.29) is 12.3 Å². The summed E-state index contributed by atoms with van der Waals surface area (Å²) in [5, 5.41) is 0. The second-order valence-electron chi connectivity index (χ2n) is 2.52. The van der Waals surface area contributed by atoms with E-state index in [2.05, 4.69) is 0 Å². The van der Waals surface area contributed by atoms with Crippen LogP contribution in [0.1, 0.15) is 20.3 Å². The zero-order valence-electron chi connectivity index (χ0n) is 6.16. The van der Waals surface area contributed by atoms with Crippen molar-refractivity contribution >= 4 is 5.97 Å². The molecule has 0 aromatic carbocycles. The number of hydrogen-bond donors (Lipinski definition) is 0. The van der Waals surface area contributed by atoms with Gasteiger partial charge in [-0.2, -0.15) is 0 Å². The summed E-state index contributed by atoms with van der Waals surface area (Å²) in [6.07, 6.45) is 0.437. The first-order chi connectivity index (χ1) is 4.68. The molecule has 0 spiro atoms. The molecule has 10 heavy (non-hydrogen) atoms. The van der Waals surface area contributed by atoms with Gasteiger partial charge in [0.2, 0.25) is 6.29 Å². The molecule has 0 aromatic heterocycles. The Labute approximate surface area is 60.3 Å². The highest BCUT2D eigenvalue weighted by Crippen LogP contribution is 2.22. The molecule has 1 saturated heterocycles. The van der Waals surface area contributed by atoms with Gasteiger partial charge in [0.05, 0.1) is 6.61 Å². The number of carbonyl (C=O) groups is 1. The standard InChI is InChI=1S/C7H11O3/c1-5-3-7(9-4-5)10-6(2)8/h4-5,7H,3H2,1-2H3. The predicted octanol–water partition coefficient (Wildman–Crippen LogP) is 1.09. The molecular weight excluding hydrogens is 132 g/mol. The summed E-state index contributed by atoms with van der Waals surface area (Å²) in [7, 11) is 0. The largest absolute Gasteiger partial charge is 0.436 e. The van der Waals surface area contributed by atoms with E-state index in [1.54, 1.807) is 6.61 Å². The normalized spacial score (nSPS) is 32.2. The van der Waals surface area contributed by atoms with Gasteiger partial charge in [0.25, 0.3) is 0 Å². The van der Waals surface area contributed by atoms with Crippen molar-refractivity contribution in [1.29, 1.82) is 0 Å². The maximum Gasteiger partial charge on any atom is 0.304 e. The van der Waals surface area contributed by atoms with Crippen molar-refractivity contribution < 1.29 is 14.3 Å². The van der Waals surface area contributed by atoms with E-state index >= 15 is 0 Å². The van der Waals surface area contributed by atoms with Crippen LogP contribution in [0, 0.1) is 12.5 Å². The van der Waals surface area contributed by atoms with Crippen LogP contribution >= 0.6 is 0 Å². The van der Waals surface area contributed by atoms with Crippen LogP contribution in [0.4, 0.5) is 0 Å². The Balaban J connectivity index is 2.24. The van der Waals surface area contributed by atoms with Gasteiger partial charge in [-0.25, -0.2) is 0 Å². The van der Waals surface area contributed by atoms with Crippen molar-refractivity contribution in [2.24, 2.45) is 5.92 Å². The highest BCUT2D eigenvalue weighted by Gasteiger charge is 2.24. The maximum atomic E-state index is 10.4. The van der Waals surface area contributed by atoms with Crippen LogP contribution < -0.4 is 0 Å². The number of esters is 1. The van der Waals surface area contributed by atoms with Crippen LogP contribution in [0.3, 0.4) is 0 Å². The smallest absolute Gasteiger partial charge is 0.304 e. The van der Waals surface area contributed by atoms with Gasteiger partial charge in [-0.15, -0.1) is 0 Å². The van der Waals surface area contributed by atoms with Gasteiger partial charge in [-0.05, 0) is 5.92 Å². The Morgan fingerprint density at radius 2 is 2.50 bits per heavy atom. The van der Waals surface area contributed by atoms with E-state index in [0.717, 1.165) is 6.42 Å². The average molecular weight is 143 g/mol. The lowest BCUT2D eigenvalue weighted by atomic mass is 10.1. The summed E-state index contributed by atoms with van der Waals surface area (Å²) < 4.78 is 9.80. The highest BCUT2D eigenvalue weighted by molar-refractivity contribution is 5.66. The lowest BCUT2D eigenvalue weighted by Gasteiger charge is -2.07. The average Bonchev–Trinajstić information content (AvgIpc) is 2.13. The van der Waals surface area contributed by atoms with Gasteiger partial charge in [0.1, 0.15) is 0 Å². The quantitative estimate of drug-likeness (QED) is 0.515. The first kappa shape index (κ1) is 7.54. The Morgan fingerprint density at radius 1 is 1.80 bits per heavy atom. The van der Waals surface area contributed by atoms with Gasteiger partial charge >= 0.3 is 5.97 Å². The summed E-state index contributed by atoms with van der Waals surface area (Å²) >= 11 is 0. The van der Waals surface area contributed by atoms with Crippen LogP contribution in [-0.4, -0.2) is 12.3 Å². The van der Waals surface area contributed by atoms with Gasteiger partial charge in [0.15, 0.2) is 0 Å². The third-order valence-corrected chi connectivity index (χ3v) is 1.32. The molecule has 1 radical (unpaired) electrons. The van der Waals surface area contributed by atoms with Gasteiger partial charge in [-0.1, -0.05) is 6.92 Å². The molecule has 3 heteroatoms. The summed E-state index contributed by atoms with van der Waals surface area (Å²) in [6, 6.07) is 0. The molecular formula is C7H11O3. The molecule has 0 aromatic rings. The molecule has 1 rings (SSSR count). The van der Waals surface area contributed by atoms with Crippen LogP contribution in [0.5, 0.6) is 0 Å². The van der Waals surface area contributed by atoms with Crippen LogP contribution in [0.25, 0.3) is 0 Å². The molecule has 0 amide bonds. The monoisotopic (exact) mass is 143 g/mol. The summed E-state index contributed by atoms with van der Waals surface area (Å²) in [4.78, 5) is 10.4. The number of rotatable bonds is 1. The summed E-state index contributed by atoms with van der Waals surface area (Å²) in [5.74, 6) is 0.108. The van der Waals surface area contributed by atoms with Crippen molar-refractivity contribution in [3.63, 3.8) is 0 Å². The van der Waals surface area contributed by atoms with E-state index < -0.39 is 0 Å². The molecule has 0 bridgehead atoms. The van der Waals surface area contributed by atoms with Gasteiger partial charge in [-0.3, -0.25) is 4.79 Å². The molecule has 3 nitrogen and oxygen atoms in total. The lowest BCUT2D eigenvalue weighted by Crippen LogP contribution is -2.13. The zero-order chi connectivity index (χ0) is 7.56. The Morgan fingerprint density at radius 3 is 2.90 bits per heavy atom. The molecule has 0 N–H and O–H groups in total.